The molecule has 0 aromatic carbocycles. The predicted molar refractivity (Wildman–Crippen MR) is 72.6 cm³/mol. The molecule has 3 rings (SSSR count). The molecule has 0 bridgehead atoms. The van der Waals surface area contributed by atoms with E-state index in [-0.39, 0.29) is 5.41 Å². The fourth-order valence-corrected chi connectivity index (χ4v) is 3.42. The summed E-state index contributed by atoms with van der Waals surface area (Å²) in [5.74, 6) is 1.26. The van der Waals surface area contributed by atoms with Crippen LogP contribution in [-0.2, 0) is 18.4 Å². The van der Waals surface area contributed by atoms with Crippen molar-refractivity contribution in [3.8, 4) is 10.6 Å². The molecule has 0 radical (unpaired) electrons. The van der Waals surface area contributed by atoms with Crippen molar-refractivity contribution in [2.24, 2.45) is 0 Å². The van der Waals surface area contributed by atoms with Gasteiger partial charge in [0, 0.05) is 17.8 Å². The third-order valence-electron chi connectivity index (χ3n) is 3.32. The van der Waals surface area contributed by atoms with Crippen LogP contribution in [0.4, 0.5) is 0 Å². The average Bonchev–Trinajstić information content (AvgIpc) is 2.91. The molecule has 0 fully saturated rings. The lowest BCUT2D eigenvalue weighted by Crippen LogP contribution is -2.07. The van der Waals surface area contributed by atoms with Crippen LogP contribution in [0, 0.1) is 0 Å². The summed E-state index contributed by atoms with van der Waals surface area (Å²) in [6, 6.07) is 4.50. The van der Waals surface area contributed by atoms with Crippen LogP contribution in [0.15, 0.2) is 18.3 Å². The van der Waals surface area contributed by atoms with Crippen molar-refractivity contribution in [3.05, 3.63) is 29.0 Å². The van der Waals surface area contributed by atoms with Crippen molar-refractivity contribution < 1.29 is 0 Å². The van der Waals surface area contributed by atoms with Crippen LogP contribution in [-0.4, -0.2) is 9.55 Å². The van der Waals surface area contributed by atoms with Crippen LogP contribution >= 0.6 is 11.3 Å². The predicted octanol–water partition coefficient (Wildman–Crippen LogP) is 3.86. The van der Waals surface area contributed by atoms with Crippen molar-refractivity contribution in [1.29, 1.82) is 0 Å². The van der Waals surface area contributed by atoms with Crippen molar-refractivity contribution >= 4 is 11.3 Å². The van der Waals surface area contributed by atoms with Crippen molar-refractivity contribution in [3.63, 3.8) is 0 Å². The smallest absolute Gasteiger partial charge is 0.109 e. The van der Waals surface area contributed by atoms with Crippen LogP contribution < -0.4 is 0 Å². The van der Waals surface area contributed by atoms with Gasteiger partial charge in [-0.25, -0.2) is 4.98 Å². The van der Waals surface area contributed by atoms with Gasteiger partial charge in [0.15, 0.2) is 0 Å². The van der Waals surface area contributed by atoms with Crippen LogP contribution in [0.5, 0.6) is 0 Å². The first-order valence-corrected chi connectivity index (χ1v) is 7.02. The quantitative estimate of drug-likeness (QED) is 0.747. The summed E-state index contributed by atoms with van der Waals surface area (Å²) in [4.78, 5) is 7.32. The second-order valence-electron chi connectivity index (χ2n) is 5.73. The number of nitrogens with zero attached hydrogens (tertiary/aromatic N) is 2. The van der Waals surface area contributed by atoms with E-state index in [0.717, 1.165) is 13.0 Å². The minimum Gasteiger partial charge on any atom is -0.327 e. The molecule has 17 heavy (non-hydrogen) atoms. The fourth-order valence-electron chi connectivity index (χ4n) is 2.33. The SMILES string of the molecule is CC(C)(C)c1ccc(-c2cnc3n2CCC3)s1. The van der Waals surface area contributed by atoms with Gasteiger partial charge in [-0.05, 0) is 24.0 Å². The summed E-state index contributed by atoms with van der Waals surface area (Å²) in [5, 5.41) is 0. The van der Waals surface area contributed by atoms with Crippen molar-refractivity contribution in [2.45, 2.75) is 45.6 Å². The van der Waals surface area contributed by atoms with Crippen LogP contribution in [0.1, 0.15) is 37.9 Å². The summed E-state index contributed by atoms with van der Waals surface area (Å²) in [7, 11) is 0. The highest BCUT2D eigenvalue weighted by Gasteiger charge is 2.20. The van der Waals surface area contributed by atoms with E-state index in [1.165, 1.54) is 27.7 Å². The lowest BCUT2D eigenvalue weighted by molar-refractivity contribution is 0.604. The van der Waals surface area contributed by atoms with Gasteiger partial charge in [-0.2, -0.15) is 0 Å². The first-order valence-electron chi connectivity index (χ1n) is 6.21. The molecular weight excluding hydrogens is 228 g/mol. The Hall–Kier alpha value is -1.09. The van der Waals surface area contributed by atoms with Crippen molar-refractivity contribution in [1.82, 2.24) is 9.55 Å². The second kappa shape index (κ2) is 3.70. The maximum Gasteiger partial charge on any atom is 0.109 e. The lowest BCUT2D eigenvalue weighted by atomic mass is 9.95. The van der Waals surface area contributed by atoms with E-state index in [9.17, 15) is 0 Å². The Kier molecular flexibility index (Phi) is 2.40. The molecule has 1 aliphatic rings. The molecule has 2 aromatic heterocycles. The zero-order valence-electron chi connectivity index (χ0n) is 10.7. The highest BCUT2D eigenvalue weighted by molar-refractivity contribution is 7.15. The van der Waals surface area contributed by atoms with Gasteiger partial charge < -0.3 is 4.57 Å². The summed E-state index contributed by atoms with van der Waals surface area (Å²) < 4.78 is 2.37. The van der Waals surface area contributed by atoms with Gasteiger partial charge in [0.05, 0.1) is 16.8 Å². The van der Waals surface area contributed by atoms with E-state index in [4.69, 9.17) is 0 Å². The second-order valence-corrected chi connectivity index (χ2v) is 6.81. The third kappa shape index (κ3) is 1.82. The number of thiophene rings is 1. The van der Waals surface area contributed by atoms with Crippen LogP contribution in [0.25, 0.3) is 10.6 Å². The molecule has 2 nitrogen and oxygen atoms in total. The monoisotopic (exact) mass is 246 g/mol. The van der Waals surface area contributed by atoms with Gasteiger partial charge in [0.1, 0.15) is 5.82 Å². The van der Waals surface area contributed by atoms with E-state index >= 15 is 0 Å². The zero-order valence-corrected chi connectivity index (χ0v) is 11.5. The topological polar surface area (TPSA) is 17.8 Å². The van der Waals surface area contributed by atoms with E-state index in [0.29, 0.717) is 0 Å². The van der Waals surface area contributed by atoms with Gasteiger partial charge in [-0.3, -0.25) is 0 Å². The molecule has 3 heteroatoms. The Morgan fingerprint density at radius 3 is 2.82 bits per heavy atom. The highest BCUT2D eigenvalue weighted by atomic mass is 32.1. The van der Waals surface area contributed by atoms with E-state index in [2.05, 4.69) is 42.5 Å². The van der Waals surface area contributed by atoms with Gasteiger partial charge in [0.2, 0.25) is 0 Å². The molecule has 0 amide bonds. The Balaban J connectivity index is 2.02. The minimum absolute atomic E-state index is 0.247. The number of rotatable bonds is 1. The van der Waals surface area contributed by atoms with E-state index in [1.807, 2.05) is 17.5 Å². The summed E-state index contributed by atoms with van der Waals surface area (Å²) in [6.45, 7) is 7.93. The van der Waals surface area contributed by atoms with Gasteiger partial charge >= 0.3 is 0 Å². The molecule has 0 saturated heterocycles. The summed E-state index contributed by atoms with van der Waals surface area (Å²) in [6.07, 6.45) is 4.41. The standard InChI is InChI=1S/C14H18N2S/c1-14(2,3)12-7-6-11(17-12)10-9-15-13-5-4-8-16(10)13/h6-7,9H,4-5,8H2,1-3H3. The third-order valence-corrected chi connectivity index (χ3v) is 4.85. The van der Waals surface area contributed by atoms with Crippen molar-refractivity contribution in [2.75, 3.05) is 0 Å². The van der Waals surface area contributed by atoms with Gasteiger partial charge in [0.25, 0.3) is 0 Å². The Labute approximate surface area is 106 Å². The first-order chi connectivity index (χ1) is 8.05. The number of aromatic nitrogens is 2. The number of imidazole rings is 1. The Morgan fingerprint density at radius 1 is 1.29 bits per heavy atom. The maximum atomic E-state index is 4.51. The molecule has 0 N–H and O–H groups in total. The number of aryl methyl sites for hydroxylation is 1. The van der Waals surface area contributed by atoms with Gasteiger partial charge in [-0.1, -0.05) is 20.8 Å². The van der Waals surface area contributed by atoms with E-state index < -0.39 is 0 Å². The molecule has 0 saturated carbocycles. The first kappa shape index (κ1) is 11.0. The lowest BCUT2D eigenvalue weighted by Gasteiger charge is -2.15. The largest absolute Gasteiger partial charge is 0.327 e. The molecule has 0 aliphatic carbocycles. The fraction of sp³-hybridized carbons (Fsp3) is 0.500. The molecule has 1 aliphatic heterocycles. The number of fused-ring (bicyclic) bond motifs is 1. The molecular formula is C14H18N2S. The zero-order chi connectivity index (χ0) is 12.0. The van der Waals surface area contributed by atoms with Gasteiger partial charge in [-0.15, -0.1) is 11.3 Å². The number of hydrogen-bond acceptors (Lipinski definition) is 2. The number of hydrogen-bond donors (Lipinski definition) is 0. The Morgan fingerprint density at radius 2 is 2.12 bits per heavy atom. The normalized spacial score (nSPS) is 15.2. The van der Waals surface area contributed by atoms with E-state index in [1.54, 1.807) is 0 Å². The average molecular weight is 246 g/mol. The summed E-state index contributed by atoms with van der Waals surface area (Å²) >= 11 is 1.90. The molecule has 90 valence electrons. The maximum absolute atomic E-state index is 4.51. The minimum atomic E-state index is 0.247. The molecule has 0 atom stereocenters. The molecule has 3 heterocycles. The highest BCUT2D eigenvalue weighted by Crippen LogP contribution is 2.36. The van der Waals surface area contributed by atoms with Crippen LogP contribution in [0.2, 0.25) is 0 Å². The molecule has 0 unspecified atom stereocenters. The summed E-state index contributed by atoms with van der Waals surface area (Å²) in [5.41, 5.74) is 1.55. The molecule has 2 aromatic rings. The Bertz CT molecular complexity index is 543. The molecule has 0 spiro atoms. The van der Waals surface area contributed by atoms with Crippen LogP contribution in [0.3, 0.4) is 0 Å².